The van der Waals surface area contributed by atoms with Crippen molar-refractivity contribution in [2.75, 3.05) is 6.26 Å². The number of hydrogen-bond donors (Lipinski definition) is 1. The van der Waals surface area contributed by atoms with E-state index in [-0.39, 0.29) is 32.6 Å². The van der Waals surface area contributed by atoms with Gasteiger partial charge >= 0.3 is 6.61 Å². The number of aryl methyl sites for hydroxylation is 1. The Labute approximate surface area is 158 Å². The Balaban J connectivity index is 2.40. The molecule has 1 unspecified atom stereocenters. The number of pyridine rings is 1. The zero-order chi connectivity index (χ0) is 20.6. The summed E-state index contributed by atoms with van der Waals surface area (Å²) in [6, 6.07) is 4.24. The summed E-state index contributed by atoms with van der Waals surface area (Å²) >= 11 is 0. The fourth-order valence-corrected chi connectivity index (χ4v) is 3.71. The molecule has 1 N–H and O–H groups in total. The lowest BCUT2D eigenvalue weighted by molar-refractivity contribution is -0.0518. The van der Waals surface area contributed by atoms with Crippen molar-refractivity contribution in [3.63, 3.8) is 0 Å². The second kappa shape index (κ2) is 7.55. The van der Waals surface area contributed by atoms with Gasteiger partial charge in [-0.1, -0.05) is 0 Å². The number of nitrogens with one attached hydrogen (secondary N) is 1. The summed E-state index contributed by atoms with van der Waals surface area (Å²) in [6.07, 6.45) is -0.452. The predicted molar refractivity (Wildman–Crippen MR) is 92.7 cm³/mol. The van der Waals surface area contributed by atoms with Gasteiger partial charge in [0.15, 0.2) is 0 Å². The van der Waals surface area contributed by atoms with Crippen LogP contribution in [0.15, 0.2) is 23.2 Å². The van der Waals surface area contributed by atoms with Gasteiger partial charge in [-0.15, -0.1) is 5.10 Å². The van der Waals surface area contributed by atoms with E-state index in [1.54, 1.807) is 6.92 Å². The third-order valence-corrected chi connectivity index (χ3v) is 5.02. The van der Waals surface area contributed by atoms with Crippen LogP contribution in [0, 0.1) is 18.3 Å². The predicted octanol–water partition coefficient (Wildman–Crippen LogP) is 4.08. The molecule has 146 valence electrons. The van der Waals surface area contributed by atoms with Crippen LogP contribution in [0.3, 0.4) is 0 Å². The van der Waals surface area contributed by atoms with E-state index in [2.05, 4.69) is 19.9 Å². The highest BCUT2D eigenvalue weighted by Gasteiger charge is 2.24. The van der Waals surface area contributed by atoms with Crippen LogP contribution in [0.5, 0.6) is 5.88 Å². The molecule has 0 saturated heterocycles. The fraction of sp³-hybridized carbons (Fsp3) is 0.235. The molecule has 3 aromatic rings. The van der Waals surface area contributed by atoms with Crippen LogP contribution in [0.25, 0.3) is 22.0 Å². The van der Waals surface area contributed by atoms with Crippen LogP contribution in [-0.2, 0) is 10.8 Å². The average Bonchev–Trinajstić information content (AvgIpc) is 3.02. The second-order valence-corrected chi connectivity index (χ2v) is 7.10. The maximum absolute atomic E-state index is 13.5. The Kier molecular flexibility index (Phi) is 5.33. The molecule has 6 nitrogen and oxygen atoms in total. The van der Waals surface area contributed by atoms with E-state index in [1.165, 1.54) is 18.5 Å². The number of nitriles is 1. The van der Waals surface area contributed by atoms with Crippen LogP contribution in [-0.4, -0.2) is 32.3 Å². The van der Waals surface area contributed by atoms with Gasteiger partial charge in [0.05, 0.1) is 27.9 Å². The Morgan fingerprint density at radius 1 is 1.29 bits per heavy atom. The first-order valence-electron chi connectivity index (χ1n) is 7.73. The third-order valence-electron chi connectivity index (χ3n) is 4.05. The van der Waals surface area contributed by atoms with Crippen LogP contribution in [0.2, 0.25) is 0 Å². The minimum Gasteiger partial charge on any atom is -0.415 e. The molecule has 28 heavy (non-hydrogen) atoms. The molecule has 2 aromatic heterocycles. The summed E-state index contributed by atoms with van der Waals surface area (Å²) in [6.45, 7) is -1.62. The first-order valence-corrected chi connectivity index (χ1v) is 9.28. The van der Waals surface area contributed by atoms with E-state index >= 15 is 0 Å². The highest BCUT2D eigenvalue weighted by atomic mass is 32.2. The van der Waals surface area contributed by atoms with Crippen LogP contribution in [0.4, 0.5) is 17.6 Å². The van der Waals surface area contributed by atoms with E-state index < -0.39 is 35.3 Å². The molecule has 0 amide bonds. The standard InChI is InChI=1S/C17H12F4N4O2S/c1-7-3-12(28(2)26)9(15(18)19)4-8(7)13-10(5-22)23-6-11-14(13)16(25-24-11)27-17(20)21/h3-4,6,15,17H,1-2H3,(H,24,25). The van der Waals surface area contributed by atoms with Gasteiger partial charge in [-0.05, 0) is 30.2 Å². The third kappa shape index (κ3) is 3.43. The van der Waals surface area contributed by atoms with Crippen LogP contribution < -0.4 is 4.74 Å². The number of aromatic nitrogens is 3. The molecule has 11 heteroatoms. The van der Waals surface area contributed by atoms with Crippen molar-refractivity contribution in [2.24, 2.45) is 0 Å². The number of hydrogen-bond acceptors (Lipinski definition) is 5. The van der Waals surface area contributed by atoms with Crippen molar-refractivity contribution in [1.82, 2.24) is 15.2 Å². The minimum atomic E-state index is -3.18. The molecule has 3 rings (SSSR count). The Bertz CT molecular complexity index is 1120. The van der Waals surface area contributed by atoms with E-state index in [1.807, 2.05) is 6.07 Å². The molecule has 0 bridgehead atoms. The lowest BCUT2D eigenvalue weighted by Gasteiger charge is -2.15. The van der Waals surface area contributed by atoms with Crippen LogP contribution >= 0.6 is 0 Å². The molecule has 2 heterocycles. The number of H-pyrrole nitrogens is 1. The lowest BCUT2D eigenvalue weighted by atomic mass is 9.94. The number of aromatic amines is 1. The van der Waals surface area contributed by atoms with Gasteiger partial charge in [-0.2, -0.15) is 14.0 Å². The molecule has 0 radical (unpaired) electrons. The summed E-state index contributed by atoms with van der Waals surface area (Å²) in [7, 11) is -1.68. The normalized spacial score (nSPS) is 12.5. The molecule has 0 saturated carbocycles. The zero-order valence-corrected chi connectivity index (χ0v) is 15.3. The Morgan fingerprint density at radius 3 is 2.57 bits per heavy atom. The van der Waals surface area contributed by atoms with Gasteiger partial charge in [0.25, 0.3) is 6.43 Å². The number of ether oxygens (including phenoxy) is 1. The summed E-state index contributed by atoms with van der Waals surface area (Å²) in [5.74, 6) is -0.486. The highest BCUT2D eigenvalue weighted by Crippen LogP contribution is 2.40. The lowest BCUT2D eigenvalue weighted by Crippen LogP contribution is -2.04. The number of alkyl halides is 4. The minimum absolute atomic E-state index is 0.0144. The molecule has 0 aliphatic carbocycles. The fourth-order valence-electron chi connectivity index (χ4n) is 2.89. The molecule has 0 fully saturated rings. The molecule has 0 aliphatic heterocycles. The van der Waals surface area contributed by atoms with Crippen LogP contribution in [0.1, 0.15) is 23.2 Å². The van der Waals surface area contributed by atoms with Gasteiger partial charge < -0.3 is 4.74 Å². The average molecular weight is 412 g/mol. The molecule has 1 atom stereocenters. The SMILES string of the molecule is Cc1cc(S(C)=O)c(C(F)F)cc1-c1c(C#N)ncc2[nH]nc(OC(F)F)c12. The second-order valence-electron chi connectivity index (χ2n) is 5.75. The first-order chi connectivity index (χ1) is 13.2. The largest absolute Gasteiger partial charge is 0.415 e. The first kappa shape index (κ1) is 19.8. The van der Waals surface area contributed by atoms with Crippen molar-refractivity contribution in [3.05, 3.63) is 35.2 Å². The van der Waals surface area contributed by atoms with Gasteiger partial charge in [-0.3, -0.25) is 9.31 Å². The summed E-state index contributed by atoms with van der Waals surface area (Å²) in [5, 5.41) is 15.6. The maximum Gasteiger partial charge on any atom is 0.388 e. The van der Waals surface area contributed by atoms with Crippen molar-refractivity contribution in [1.29, 1.82) is 5.26 Å². The van der Waals surface area contributed by atoms with Crippen molar-refractivity contribution in [2.45, 2.75) is 24.9 Å². The Morgan fingerprint density at radius 2 is 2.00 bits per heavy atom. The number of nitrogens with zero attached hydrogens (tertiary/aromatic N) is 3. The smallest absolute Gasteiger partial charge is 0.388 e. The summed E-state index contributed by atoms with van der Waals surface area (Å²) < 4.78 is 68.8. The van der Waals surface area contributed by atoms with Crippen molar-refractivity contribution >= 4 is 21.7 Å². The van der Waals surface area contributed by atoms with E-state index in [9.17, 15) is 27.0 Å². The zero-order valence-electron chi connectivity index (χ0n) is 14.5. The quantitative estimate of drug-likeness (QED) is 0.638. The number of halogens is 4. The number of rotatable bonds is 5. The van der Waals surface area contributed by atoms with E-state index in [0.29, 0.717) is 5.56 Å². The van der Waals surface area contributed by atoms with Crippen molar-refractivity contribution in [3.8, 4) is 23.1 Å². The molecule has 1 aromatic carbocycles. The molecule has 0 aliphatic rings. The Hall–Kier alpha value is -3.00. The topological polar surface area (TPSA) is 91.7 Å². The molecule has 0 spiro atoms. The van der Waals surface area contributed by atoms with Gasteiger partial charge in [0.1, 0.15) is 11.8 Å². The summed E-state index contributed by atoms with van der Waals surface area (Å²) in [4.78, 5) is 3.89. The summed E-state index contributed by atoms with van der Waals surface area (Å²) in [5.41, 5.74) is 0.108. The van der Waals surface area contributed by atoms with Crippen molar-refractivity contribution < 1.29 is 26.5 Å². The monoisotopic (exact) mass is 412 g/mol. The molecular formula is C17H12F4N4O2S. The maximum atomic E-state index is 13.5. The van der Waals surface area contributed by atoms with E-state index in [4.69, 9.17) is 0 Å². The molecular weight excluding hydrogens is 400 g/mol. The van der Waals surface area contributed by atoms with E-state index in [0.717, 1.165) is 6.07 Å². The van der Waals surface area contributed by atoms with Gasteiger partial charge in [0.2, 0.25) is 5.88 Å². The highest BCUT2D eigenvalue weighted by molar-refractivity contribution is 7.84. The van der Waals surface area contributed by atoms with Gasteiger partial charge in [0, 0.05) is 22.3 Å². The number of benzene rings is 1. The van der Waals surface area contributed by atoms with Gasteiger partial charge in [-0.25, -0.2) is 13.8 Å². The number of fused-ring (bicyclic) bond motifs is 1.